The van der Waals surface area contributed by atoms with Crippen LogP contribution in [0.5, 0.6) is 0 Å². The standard InChI is InChI=1S/C13H14ClN3O/c1-10-2-4-12(5-3-10)15-6-7-17-9-11(14)8-16-13(17)18/h2-5,8-9,15H,6-7H2,1H3. The molecule has 0 spiro atoms. The van der Waals surface area contributed by atoms with Crippen molar-refractivity contribution in [3.63, 3.8) is 0 Å². The van der Waals surface area contributed by atoms with E-state index >= 15 is 0 Å². The fraction of sp³-hybridized carbons (Fsp3) is 0.231. The highest BCUT2D eigenvalue weighted by Gasteiger charge is 1.98. The van der Waals surface area contributed by atoms with Gasteiger partial charge in [0.15, 0.2) is 0 Å². The molecule has 0 aliphatic heterocycles. The molecule has 1 aromatic carbocycles. The van der Waals surface area contributed by atoms with Crippen molar-refractivity contribution in [3.05, 3.63) is 57.7 Å². The molecule has 5 heteroatoms. The number of hydrogen-bond donors (Lipinski definition) is 1. The van der Waals surface area contributed by atoms with Crippen LogP contribution in [0.2, 0.25) is 5.02 Å². The normalized spacial score (nSPS) is 10.3. The number of halogens is 1. The van der Waals surface area contributed by atoms with E-state index in [1.807, 2.05) is 31.2 Å². The van der Waals surface area contributed by atoms with Crippen LogP contribution in [-0.2, 0) is 6.54 Å². The van der Waals surface area contributed by atoms with Gasteiger partial charge in [-0.3, -0.25) is 4.57 Å². The van der Waals surface area contributed by atoms with Crippen LogP contribution in [0.25, 0.3) is 0 Å². The van der Waals surface area contributed by atoms with E-state index in [-0.39, 0.29) is 5.69 Å². The van der Waals surface area contributed by atoms with E-state index in [9.17, 15) is 4.79 Å². The summed E-state index contributed by atoms with van der Waals surface area (Å²) in [6.45, 7) is 3.21. The van der Waals surface area contributed by atoms with Gasteiger partial charge < -0.3 is 5.32 Å². The maximum absolute atomic E-state index is 11.4. The number of nitrogens with zero attached hydrogens (tertiary/aromatic N) is 2. The van der Waals surface area contributed by atoms with Crippen molar-refractivity contribution in [2.24, 2.45) is 0 Å². The minimum Gasteiger partial charge on any atom is -0.383 e. The molecule has 1 N–H and O–H groups in total. The molecular formula is C13H14ClN3O. The lowest BCUT2D eigenvalue weighted by atomic mass is 10.2. The Hall–Kier alpha value is -1.81. The first-order chi connectivity index (χ1) is 8.65. The fourth-order valence-electron chi connectivity index (χ4n) is 1.58. The highest BCUT2D eigenvalue weighted by atomic mass is 35.5. The Morgan fingerprint density at radius 3 is 2.78 bits per heavy atom. The summed E-state index contributed by atoms with van der Waals surface area (Å²) < 4.78 is 1.49. The topological polar surface area (TPSA) is 46.9 Å². The van der Waals surface area contributed by atoms with Crippen molar-refractivity contribution >= 4 is 17.3 Å². The predicted octanol–water partition coefficient (Wildman–Crippen LogP) is 2.32. The average Bonchev–Trinajstić information content (AvgIpc) is 2.36. The predicted molar refractivity (Wildman–Crippen MR) is 73.2 cm³/mol. The first-order valence-corrected chi connectivity index (χ1v) is 6.05. The quantitative estimate of drug-likeness (QED) is 0.921. The molecule has 1 heterocycles. The Balaban J connectivity index is 1.94. The molecule has 0 aliphatic rings. The van der Waals surface area contributed by atoms with E-state index in [1.54, 1.807) is 6.20 Å². The van der Waals surface area contributed by atoms with E-state index in [0.717, 1.165) is 5.69 Å². The number of anilines is 1. The minimum atomic E-state index is -0.287. The SMILES string of the molecule is Cc1ccc(NCCn2cc(Cl)cnc2=O)cc1. The zero-order valence-electron chi connectivity index (χ0n) is 10.1. The second-order valence-corrected chi connectivity index (χ2v) is 4.48. The van der Waals surface area contributed by atoms with E-state index in [0.29, 0.717) is 18.1 Å². The summed E-state index contributed by atoms with van der Waals surface area (Å²) in [5.41, 5.74) is 1.96. The van der Waals surface area contributed by atoms with Gasteiger partial charge in [0.1, 0.15) is 0 Å². The summed E-state index contributed by atoms with van der Waals surface area (Å²) in [6, 6.07) is 8.09. The molecule has 2 aromatic rings. The minimum absolute atomic E-state index is 0.287. The average molecular weight is 264 g/mol. The van der Waals surface area contributed by atoms with E-state index in [2.05, 4.69) is 10.3 Å². The van der Waals surface area contributed by atoms with Crippen molar-refractivity contribution in [3.8, 4) is 0 Å². The molecule has 2 rings (SSSR count). The van der Waals surface area contributed by atoms with Crippen molar-refractivity contribution < 1.29 is 0 Å². The second-order valence-electron chi connectivity index (χ2n) is 4.04. The van der Waals surface area contributed by atoms with Crippen LogP contribution >= 0.6 is 11.6 Å². The van der Waals surface area contributed by atoms with Gasteiger partial charge in [-0.25, -0.2) is 9.78 Å². The zero-order chi connectivity index (χ0) is 13.0. The molecule has 0 saturated carbocycles. The number of aromatic nitrogens is 2. The number of hydrogen-bond acceptors (Lipinski definition) is 3. The lowest BCUT2D eigenvalue weighted by Crippen LogP contribution is -2.25. The van der Waals surface area contributed by atoms with Gasteiger partial charge in [0.25, 0.3) is 0 Å². The summed E-state index contributed by atoms with van der Waals surface area (Å²) in [5, 5.41) is 3.70. The van der Waals surface area contributed by atoms with Gasteiger partial charge in [-0.15, -0.1) is 0 Å². The van der Waals surface area contributed by atoms with Gasteiger partial charge in [0.05, 0.1) is 11.2 Å². The Kier molecular flexibility index (Phi) is 3.99. The molecule has 4 nitrogen and oxygen atoms in total. The molecule has 94 valence electrons. The molecule has 0 radical (unpaired) electrons. The molecule has 0 unspecified atom stereocenters. The fourth-order valence-corrected chi connectivity index (χ4v) is 1.75. The van der Waals surface area contributed by atoms with Crippen molar-refractivity contribution in [2.45, 2.75) is 13.5 Å². The summed E-state index contributed by atoms with van der Waals surface area (Å²) in [5.74, 6) is 0. The third-order valence-corrected chi connectivity index (χ3v) is 2.75. The summed E-state index contributed by atoms with van der Waals surface area (Å²) in [4.78, 5) is 15.1. The maximum Gasteiger partial charge on any atom is 0.347 e. The summed E-state index contributed by atoms with van der Waals surface area (Å²) in [6.07, 6.45) is 2.95. The van der Waals surface area contributed by atoms with E-state index in [4.69, 9.17) is 11.6 Å². The van der Waals surface area contributed by atoms with Crippen molar-refractivity contribution in [2.75, 3.05) is 11.9 Å². The molecule has 0 aliphatic carbocycles. The Labute approximate surface area is 110 Å². The smallest absolute Gasteiger partial charge is 0.347 e. The Morgan fingerprint density at radius 2 is 2.06 bits per heavy atom. The molecule has 0 atom stereocenters. The number of rotatable bonds is 4. The van der Waals surface area contributed by atoms with E-state index in [1.165, 1.54) is 16.3 Å². The molecule has 18 heavy (non-hydrogen) atoms. The lowest BCUT2D eigenvalue weighted by molar-refractivity contribution is 0.674. The van der Waals surface area contributed by atoms with Crippen LogP contribution in [0.1, 0.15) is 5.56 Å². The van der Waals surface area contributed by atoms with Gasteiger partial charge in [-0.2, -0.15) is 0 Å². The van der Waals surface area contributed by atoms with Gasteiger partial charge in [-0.1, -0.05) is 29.3 Å². The van der Waals surface area contributed by atoms with Crippen LogP contribution in [0.4, 0.5) is 5.69 Å². The summed E-state index contributed by atoms with van der Waals surface area (Å²) in [7, 11) is 0. The summed E-state index contributed by atoms with van der Waals surface area (Å²) >= 11 is 5.79. The maximum atomic E-state index is 11.4. The highest BCUT2D eigenvalue weighted by molar-refractivity contribution is 6.30. The van der Waals surface area contributed by atoms with Gasteiger partial charge in [-0.05, 0) is 19.1 Å². The lowest BCUT2D eigenvalue weighted by Gasteiger charge is -2.08. The molecule has 0 amide bonds. The largest absolute Gasteiger partial charge is 0.383 e. The van der Waals surface area contributed by atoms with Gasteiger partial charge >= 0.3 is 5.69 Å². The number of nitrogens with one attached hydrogen (secondary N) is 1. The third-order valence-electron chi connectivity index (χ3n) is 2.56. The third kappa shape index (κ3) is 3.34. The Morgan fingerprint density at radius 1 is 1.33 bits per heavy atom. The van der Waals surface area contributed by atoms with Gasteiger partial charge in [0.2, 0.25) is 0 Å². The first-order valence-electron chi connectivity index (χ1n) is 5.68. The second kappa shape index (κ2) is 5.69. The molecular weight excluding hydrogens is 250 g/mol. The van der Waals surface area contributed by atoms with Crippen LogP contribution < -0.4 is 11.0 Å². The van der Waals surface area contributed by atoms with Crippen molar-refractivity contribution in [1.29, 1.82) is 0 Å². The number of benzene rings is 1. The van der Waals surface area contributed by atoms with Crippen LogP contribution in [0.3, 0.4) is 0 Å². The zero-order valence-corrected chi connectivity index (χ0v) is 10.8. The van der Waals surface area contributed by atoms with E-state index < -0.39 is 0 Å². The Bertz CT molecular complexity index is 578. The first kappa shape index (κ1) is 12.6. The molecule has 0 saturated heterocycles. The number of aryl methyl sites for hydroxylation is 1. The van der Waals surface area contributed by atoms with Crippen LogP contribution in [-0.4, -0.2) is 16.1 Å². The van der Waals surface area contributed by atoms with Crippen LogP contribution in [0.15, 0.2) is 41.5 Å². The molecule has 1 aromatic heterocycles. The van der Waals surface area contributed by atoms with Crippen molar-refractivity contribution in [1.82, 2.24) is 9.55 Å². The van der Waals surface area contributed by atoms with Gasteiger partial charge in [0, 0.05) is 25.0 Å². The molecule has 0 bridgehead atoms. The monoisotopic (exact) mass is 263 g/mol. The molecule has 0 fully saturated rings. The van der Waals surface area contributed by atoms with Crippen LogP contribution in [0, 0.1) is 6.92 Å². The highest BCUT2D eigenvalue weighted by Crippen LogP contribution is 2.08.